The molecule has 1 saturated heterocycles. The van der Waals surface area contributed by atoms with Gasteiger partial charge in [0.25, 0.3) is 0 Å². The Kier molecular flexibility index (Phi) is 7.72. The van der Waals surface area contributed by atoms with Crippen LogP contribution >= 0.6 is 0 Å². The number of carbonyl (C=O) groups excluding carboxylic acids is 2. The highest BCUT2D eigenvalue weighted by atomic mass is 16.3. The summed E-state index contributed by atoms with van der Waals surface area (Å²) in [7, 11) is 0. The summed E-state index contributed by atoms with van der Waals surface area (Å²) in [6.45, 7) is 7.60. The first-order valence-electron chi connectivity index (χ1n) is 12.7. The summed E-state index contributed by atoms with van der Waals surface area (Å²) in [5.74, 6) is -0.0550. The number of nitrogens with zero attached hydrogens (tertiary/aromatic N) is 1. The molecule has 3 atom stereocenters. The molecule has 0 radical (unpaired) electrons. The zero-order chi connectivity index (χ0) is 24.9. The third-order valence-corrected chi connectivity index (χ3v) is 7.76. The minimum Gasteiger partial charge on any atom is -0.395 e. The molecule has 6 heteroatoms. The average molecular weight is 476 g/mol. The Hall–Kier alpha value is -2.96. The number of piperidine rings is 1. The maximum Gasteiger partial charge on any atom is 0.250 e. The van der Waals surface area contributed by atoms with E-state index in [0.717, 1.165) is 42.7 Å². The molecule has 2 heterocycles. The molecule has 4 rings (SSSR count). The number of carbonyl (C=O) groups is 2. The van der Waals surface area contributed by atoms with Gasteiger partial charge in [-0.2, -0.15) is 0 Å². The highest BCUT2D eigenvalue weighted by Gasteiger charge is 2.58. The number of hydrogen-bond donors (Lipinski definition) is 3. The van der Waals surface area contributed by atoms with Crippen molar-refractivity contribution >= 4 is 17.5 Å². The number of anilines is 1. The van der Waals surface area contributed by atoms with Crippen LogP contribution < -0.4 is 10.6 Å². The zero-order valence-corrected chi connectivity index (χ0v) is 20.6. The molecule has 35 heavy (non-hydrogen) atoms. The van der Waals surface area contributed by atoms with Gasteiger partial charge in [-0.05, 0) is 43.7 Å². The van der Waals surface area contributed by atoms with Crippen molar-refractivity contribution in [3.05, 3.63) is 78.4 Å². The second-order valence-corrected chi connectivity index (χ2v) is 10.0. The number of amides is 2. The van der Waals surface area contributed by atoms with E-state index >= 15 is 0 Å². The van der Waals surface area contributed by atoms with E-state index in [1.807, 2.05) is 72.5 Å². The first-order valence-corrected chi connectivity index (χ1v) is 12.7. The van der Waals surface area contributed by atoms with Crippen molar-refractivity contribution in [2.75, 3.05) is 25.0 Å². The van der Waals surface area contributed by atoms with Crippen LogP contribution in [-0.2, 0) is 21.5 Å². The molecule has 0 aromatic heterocycles. The topological polar surface area (TPSA) is 81.7 Å². The van der Waals surface area contributed by atoms with Crippen molar-refractivity contribution in [2.45, 2.75) is 57.0 Å². The van der Waals surface area contributed by atoms with Gasteiger partial charge < -0.3 is 15.3 Å². The fraction of sp³-hybridized carbons (Fsp3) is 0.448. The molecule has 2 aromatic rings. The van der Waals surface area contributed by atoms with Gasteiger partial charge in [-0.3, -0.25) is 14.9 Å². The van der Waals surface area contributed by atoms with Crippen molar-refractivity contribution in [1.29, 1.82) is 0 Å². The van der Waals surface area contributed by atoms with E-state index in [2.05, 4.69) is 17.2 Å². The first-order chi connectivity index (χ1) is 16.9. The Labute approximate surface area is 208 Å². The highest BCUT2D eigenvalue weighted by molar-refractivity contribution is 6.07. The van der Waals surface area contributed by atoms with Gasteiger partial charge in [0.15, 0.2) is 0 Å². The second-order valence-electron chi connectivity index (χ2n) is 10.0. The molecule has 6 nitrogen and oxygen atoms in total. The van der Waals surface area contributed by atoms with Gasteiger partial charge in [0.05, 0.1) is 6.61 Å². The number of rotatable bonds is 10. The van der Waals surface area contributed by atoms with Gasteiger partial charge in [-0.1, -0.05) is 61.5 Å². The number of benzene rings is 2. The lowest BCUT2D eigenvalue weighted by Gasteiger charge is -2.46. The summed E-state index contributed by atoms with van der Waals surface area (Å²) < 4.78 is 0. The quantitative estimate of drug-likeness (QED) is 0.454. The Bertz CT molecular complexity index is 1050. The molecular formula is C29H37N3O3. The van der Waals surface area contributed by atoms with Crippen LogP contribution in [0.25, 0.3) is 0 Å². The first kappa shape index (κ1) is 25.1. The summed E-state index contributed by atoms with van der Waals surface area (Å²) in [5, 5.41) is 17.0. The van der Waals surface area contributed by atoms with E-state index in [1.54, 1.807) is 0 Å². The van der Waals surface area contributed by atoms with Gasteiger partial charge in [-0.15, -0.1) is 6.58 Å². The number of nitrogens with one attached hydrogen (secondary N) is 2. The van der Waals surface area contributed by atoms with Gasteiger partial charge >= 0.3 is 0 Å². The number of hydrogen-bond acceptors (Lipinski definition) is 4. The molecule has 0 aliphatic carbocycles. The fourth-order valence-electron chi connectivity index (χ4n) is 5.61. The summed E-state index contributed by atoms with van der Waals surface area (Å²) in [4.78, 5) is 28.8. The van der Waals surface area contributed by atoms with Gasteiger partial charge in [0, 0.05) is 42.2 Å². The van der Waals surface area contributed by atoms with Crippen molar-refractivity contribution in [1.82, 2.24) is 10.2 Å². The molecule has 1 fully saturated rings. The van der Waals surface area contributed by atoms with Gasteiger partial charge in [0.2, 0.25) is 11.8 Å². The van der Waals surface area contributed by atoms with Crippen LogP contribution in [0.1, 0.15) is 50.2 Å². The van der Waals surface area contributed by atoms with Gasteiger partial charge in [0.1, 0.15) is 5.54 Å². The van der Waals surface area contributed by atoms with Crippen LogP contribution in [0.15, 0.2) is 67.3 Å². The number of aliphatic hydroxyl groups excluding tert-OH is 1. The van der Waals surface area contributed by atoms with Crippen LogP contribution in [-0.4, -0.2) is 47.6 Å². The molecule has 2 aromatic carbocycles. The van der Waals surface area contributed by atoms with E-state index < -0.39 is 11.0 Å². The molecule has 186 valence electrons. The molecular weight excluding hydrogens is 438 g/mol. The summed E-state index contributed by atoms with van der Waals surface area (Å²) >= 11 is 0. The highest BCUT2D eigenvalue weighted by Crippen LogP contribution is 2.51. The molecule has 0 saturated carbocycles. The van der Waals surface area contributed by atoms with Crippen LogP contribution in [0.3, 0.4) is 0 Å². The number of likely N-dealkylation sites (tertiary alicyclic amines) is 1. The summed E-state index contributed by atoms with van der Waals surface area (Å²) in [6.07, 6.45) is 6.43. The average Bonchev–Trinajstić information content (AvgIpc) is 3.19. The zero-order valence-electron chi connectivity index (χ0n) is 20.6. The van der Waals surface area contributed by atoms with E-state index in [9.17, 15) is 14.7 Å². The minimum atomic E-state index is -1.17. The van der Waals surface area contributed by atoms with Crippen molar-refractivity contribution in [3.8, 4) is 0 Å². The Morgan fingerprint density at radius 2 is 1.86 bits per heavy atom. The molecule has 0 spiro atoms. The van der Waals surface area contributed by atoms with Gasteiger partial charge in [-0.25, -0.2) is 0 Å². The lowest BCUT2D eigenvalue weighted by molar-refractivity contribution is -0.134. The molecule has 2 aliphatic heterocycles. The SMILES string of the molecule is C=C[C@@](C)(CCC(=O)N1CCCCC1)[C@@]1(N[C@H](CO)Cc2ccccc2)C(=O)Nc2ccccc21. The lowest BCUT2D eigenvalue weighted by atomic mass is 9.64. The van der Waals surface area contributed by atoms with E-state index in [-0.39, 0.29) is 24.5 Å². The van der Waals surface area contributed by atoms with Crippen LogP contribution in [0.5, 0.6) is 0 Å². The monoisotopic (exact) mass is 475 g/mol. The second kappa shape index (κ2) is 10.8. The van der Waals surface area contributed by atoms with Crippen LogP contribution in [0.4, 0.5) is 5.69 Å². The van der Waals surface area contributed by atoms with Crippen LogP contribution in [0.2, 0.25) is 0 Å². The maximum atomic E-state index is 13.8. The smallest absolute Gasteiger partial charge is 0.250 e. The Balaban J connectivity index is 1.67. The molecule has 0 unspecified atom stereocenters. The number of para-hydroxylation sites is 1. The number of fused-ring (bicyclic) bond motifs is 1. The third kappa shape index (κ3) is 4.91. The minimum absolute atomic E-state index is 0.127. The van der Waals surface area contributed by atoms with Crippen LogP contribution in [0, 0.1) is 5.41 Å². The summed E-state index contributed by atoms with van der Waals surface area (Å²) in [5.41, 5.74) is 0.692. The predicted octanol–water partition coefficient (Wildman–Crippen LogP) is 4.01. The molecule has 0 bridgehead atoms. The molecule has 3 N–H and O–H groups in total. The van der Waals surface area contributed by atoms with Crippen molar-refractivity contribution in [2.24, 2.45) is 5.41 Å². The Morgan fingerprint density at radius 1 is 1.17 bits per heavy atom. The lowest BCUT2D eigenvalue weighted by Crippen LogP contribution is -2.62. The summed E-state index contributed by atoms with van der Waals surface area (Å²) in [6, 6.07) is 17.2. The predicted molar refractivity (Wildman–Crippen MR) is 139 cm³/mol. The van der Waals surface area contributed by atoms with Crippen molar-refractivity contribution in [3.63, 3.8) is 0 Å². The van der Waals surface area contributed by atoms with E-state index in [4.69, 9.17) is 0 Å². The fourth-order valence-corrected chi connectivity index (χ4v) is 5.61. The Morgan fingerprint density at radius 3 is 2.54 bits per heavy atom. The third-order valence-electron chi connectivity index (χ3n) is 7.76. The normalized spacial score (nSPS) is 22.1. The standard InChI is InChI=1S/C29H37N3O3/c1-3-28(2,17-16-26(34)32-18-10-5-11-19-32)29(24-14-8-9-15-25(24)30-27(29)35)31-23(21-33)20-22-12-6-4-7-13-22/h3-4,6-9,12-15,23,31,33H,1,5,10-11,16-21H2,2H3,(H,30,35)/t23-,28-,29-/m0/s1. The van der Waals surface area contributed by atoms with E-state index in [0.29, 0.717) is 19.3 Å². The maximum absolute atomic E-state index is 13.8. The largest absolute Gasteiger partial charge is 0.395 e. The van der Waals surface area contributed by atoms with E-state index in [1.165, 1.54) is 6.42 Å². The molecule has 2 aliphatic rings. The van der Waals surface area contributed by atoms with Crippen molar-refractivity contribution < 1.29 is 14.7 Å². The number of aliphatic hydroxyl groups is 1. The molecule has 2 amide bonds.